The number of methoxy groups -OCH3 is 1. The van der Waals surface area contributed by atoms with Gasteiger partial charge in [0.05, 0.1) is 6.54 Å². The van der Waals surface area contributed by atoms with E-state index in [1.807, 2.05) is 13.8 Å². The maximum atomic E-state index is 12.5. The minimum atomic E-state index is -0.258. The normalized spacial score (nSPS) is 10.3. The third-order valence-corrected chi connectivity index (χ3v) is 4.83. The predicted molar refractivity (Wildman–Crippen MR) is 126 cm³/mol. The van der Waals surface area contributed by atoms with Crippen LogP contribution in [-0.4, -0.2) is 62.5 Å². The van der Waals surface area contributed by atoms with Gasteiger partial charge < -0.3 is 25.6 Å². The summed E-state index contributed by atoms with van der Waals surface area (Å²) in [6.07, 6.45) is 0.738. The maximum Gasteiger partial charge on any atom is 0.253 e. The molecule has 0 aromatic heterocycles. The van der Waals surface area contributed by atoms with Crippen molar-refractivity contribution in [1.82, 2.24) is 10.2 Å². The Morgan fingerprint density at radius 3 is 2.28 bits per heavy atom. The summed E-state index contributed by atoms with van der Waals surface area (Å²) in [5.74, 6) is -0.503. The molecule has 0 atom stereocenters. The van der Waals surface area contributed by atoms with Crippen LogP contribution in [0.15, 0.2) is 48.5 Å². The summed E-state index contributed by atoms with van der Waals surface area (Å²) in [6, 6.07) is 13.9. The first-order valence-electron chi connectivity index (χ1n) is 10.8. The molecule has 0 unspecified atom stereocenters. The number of carbonyl (C=O) groups is 3. The summed E-state index contributed by atoms with van der Waals surface area (Å²) in [6.45, 7) is 6.25. The van der Waals surface area contributed by atoms with Crippen molar-refractivity contribution in [3.63, 3.8) is 0 Å². The number of carbonyl (C=O) groups excluding carboxylic acids is 3. The van der Waals surface area contributed by atoms with Crippen LogP contribution in [0, 0.1) is 0 Å². The Kier molecular flexibility index (Phi) is 10.2. The highest BCUT2D eigenvalue weighted by molar-refractivity contribution is 5.98. The summed E-state index contributed by atoms with van der Waals surface area (Å²) in [5.41, 5.74) is 2.26. The third-order valence-electron chi connectivity index (χ3n) is 4.83. The van der Waals surface area contributed by atoms with Gasteiger partial charge in [-0.3, -0.25) is 14.4 Å². The predicted octanol–water partition coefficient (Wildman–Crippen LogP) is 2.99. The van der Waals surface area contributed by atoms with E-state index in [-0.39, 0.29) is 24.3 Å². The number of hydrogen-bond acceptors (Lipinski definition) is 5. The summed E-state index contributed by atoms with van der Waals surface area (Å²) in [5, 5.41) is 8.65. The highest BCUT2D eigenvalue weighted by atomic mass is 16.5. The van der Waals surface area contributed by atoms with E-state index in [9.17, 15) is 14.4 Å². The Hall–Kier alpha value is -3.39. The van der Waals surface area contributed by atoms with Crippen molar-refractivity contribution in [3.8, 4) is 0 Å². The number of nitrogens with one attached hydrogen (secondary N) is 3. The summed E-state index contributed by atoms with van der Waals surface area (Å²) in [4.78, 5) is 38.8. The molecule has 0 aliphatic carbocycles. The first-order valence-corrected chi connectivity index (χ1v) is 10.8. The van der Waals surface area contributed by atoms with Crippen molar-refractivity contribution >= 4 is 29.1 Å². The van der Waals surface area contributed by atoms with Gasteiger partial charge >= 0.3 is 0 Å². The van der Waals surface area contributed by atoms with Crippen LogP contribution in [0.25, 0.3) is 0 Å². The van der Waals surface area contributed by atoms with E-state index in [0.717, 1.165) is 6.42 Å². The number of hydrogen-bond donors (Lipinski definition) is 3. The molecule has 2 aromatic carbocycles. The molecule has 0 aliphatic rings. The molecule has 0 saturated carbocycles. The smallest absolute Gasteiger partial charge is 0.253 e. The summed E-state index contributed by atoms with van der Waals surface area (Å²) >= 11 is 0. The summed E-state index contributed by atoms with van der Waals surface area (Å²) < 4.78 is 4.97. The van der Waals surface area contributed by atoms with Crippen molar-refractivity contribution in [2.75, 3.05) is 50.5 Å². The molecule has 0 aliphatic heterocycles. The Labute approximate surface area is 189 Å². The standard InChI is InChI=1S/C24H32N4O4/c1-4-28(5-2)24(31)19-10-7-12-21(16-19)27-22(29)17-26-20-11-6-9-18(15-20)23(30)25-13-8-14-32-3/h6-7,9-12,15-16,26H,4-5,8,13-14,17H2,1-3H3,(H,25,30)(H,27,29). The van der Waals surface area contributed by atoms with E-state index < -0.39 is 0 Å². The van der Waals surface area contributed by atoms with E-state index in [2.05, 4.69) is 16.0 Å². The molecule has 0 heterocycles. The summed E-state index contributed by atoms with van der Waals surface area (Å²) in [7, 11) is 1.62. The van der Waals surface area contributed by atoms with Crippen molar-refractivity contribution < 1.29 is 19.1 Å². The van der Waals surface area contributed by atoms with Gasteiger partial charge in [-0.15, -0.1) is 0 Å². The van der Waals surface area contributed by atoms with Crippen LogP contribution in [0.5, 0.6) is 0 Å². The lowest BCUT2D eigenvalue weighted by molar-refractivity contribution is -0.114. The fraction of sp³-hybridized carbons (Fsp3) is 0.375. The molecule has 2 rings (SSSR count). The molecule has 172 valence electrons. The number of amides is 3. The van der Waals surface area contributed by atoms with Crippen LogP contribution in [-0.2, 0) is 9.53 Å². The Morgan fingerprint density at radius 2 is 1.59 bits per heavy atom. The first-order chi connectivity index (χ1) is 15.5. The van der Waals surface area contributed by atoms with Crippen LogP contribution in [0.4, 0.5) is 11.4 Å². The highest BCUT2D eigenvalue weighted by Gasteiger charge is 2.13. The minimum Gasteiger partial charge on any atom is -0.385 e. The molecule has 0 saturated heterocycles. The maximum absolute atomic E-state index is 12.5. The minimum absolute atomic E-state index is 0.0210. The molecule has 0 bridgehead atoms. The van der Waals surface area contributed by atoms with Crippen LogP contribution >= 0.6 is 0 Å². The number of rotatable bonds is 12. The van der Waals surface area contributed by atoms with Crippen molar-refractivity contribution in [2.45, 2.75) is 20.3 Å². The quantitative estimate of drug-likeness (QED) is 0.441. The number of nitrogens with zero attached hydrogens (tertiary/aromatic N) is 1. The van der Waals surface area contributed by atoms with Gasteiger partial charge in [0.1, 0.15) is 0 Å². The van der Waals surface area contributed by atoms with Gasteiger partial charge in [0.25, 0.3) is 11.8 Å². The second-order valence-corrected chi connectivity index (χ2v) is 7.14. The topological polar surface area (TPSA) is 99.8 Å². The fourth-order valence-electron chi connectivity index (χ4n) is 3.10. The average molecular weight is 441 g/mol. The molecule has 0 spiro atoms. The van der Waals surface area contributed by atoms with E-state index in [1.165, 1.54) is 0 Å². The van der Waals surface area contributed by atoms with E-state index in [1.54, 1.807) is 60.5 Å². The molecular formula is C24H32N4O4. The lowest BCUT2D eigenvalue weighted by Gasteiger charge is -2.19. The molecule has 0 radical (unpaired) electrons. The lowest BCUT2D eigenvalue weighted by atomic mass is 10.1. The van der Waals surface area contributed by atoms with Gasteiger partial charge in [-0.1, -0.05) is 12.1 Å². The van der Waals surface area contributed by atoms with E-state index in [4.69, 9.17) is 4.74 Å². The first kappa shape index (κ1) is 24.9. The molecule has 8 heteroatoms. The van der Waals surface area contributed by atoms with Crippen LogP contribution in [0.1, 0.15) is 41.0 Å². The number of benzene rings is 2. The zero-order valence-corrected chi connectivity index (χ0v) is 18.9. The second kappa shape index (κ2) is 13.1. The Balaban J connectivity index is 1.90. The zero-order valence-electron chi connectivity index (χ0n) is 18.9. The van der Waals surface area contributed by atoms with Crippen molar-refractivity contribution in [2.24, 2.45) is 0 Å². The molecule has 2 aromatic rings. The average Bonchev–Trinajstić information content (AvgIpc) is 2.81. The SMILES string of the molecule is CCN(CC)C(=O)c1cccc(NC(=O)CNc2cccc(C(=O)NCCCOC)c2)c1. The fourth-order valence-corrected chi connectivity index (χ4v) is 3.10. The molecule has 8 nitrogen and oxygen atoms in total. The second-order valence-electron chi connectivity index (χ2n) is 7.14. The zero-order chi connectivity index (χ0) is 23.3. The van der Waals surface area contributed by atoms with Gasteiger partial charge in [-0.2, -0.15) is 0 Å². The Morgan fingerprint density at radius 1 is 0.938 bits per heavy atom. The number of anilines is 2. The highest BCUT2D eigenvalue weighted by Crippen LogP contribution is 2.14. The van der Waals surface area contributed by atoms with Crippen LogP contribution in [0.2, 0.25) is 0 Å². The van der Waals surface area contributed by atoms with Gasteiger partial charge in [0.15, 0.2) is 0 Å². The largest absolute Gasteiger partial charge is 0.385 e. The molecule has 3 amide bonds. The number of ether oxygens (including phenoxy) is 1. The molecular weight excluding hydrogens is 408 g/mol. The Bertz CT molecular complexity index is 912. The third kappa shape index (κ3) is 7.70. The monoisotopic (exact) mass is 440 g/mol. The van der Waals surface area contributed by atoms with Crippen LogP contribution in [0.3, 0.4) is 0 Å². The molecule has 0 fully saturated rings. The lowest BCUT2D eigenvalue weighted by Crippen LogP contribution is -2.30. The van der Waals surface area contributed by atoms with Crippen LogP contribution < -0.4 is 16.0 Å². The van der Waals surface area contributed by atoms with Gasteiger partial charge in [-0.25, -0.2) is 0 Å². The van der Waals surface area contributed by atoms with Gasteiger partial charge in [-0.05, 0) is 56.7 Å². The van der Waals surface area contributed by atoms with E-state index >= 15 is 0 Å². The van der Waals surface area contributed by atoms with Gasteiger partial charge in [0.2, 0.25) is 5.91 Å². The molecule has 3 N–H and O–H groups in total. The van der Waals surface area contributed by atoms with Crippen molar-refractivity contribution in [3.05, 3.63) is 59.7 Å². The van der Waals surface area contributed by atoms with Gasteiger partial charge in [0, 0.05) is 55.9 Å². The van der Waals surface area contributed by atoms with E-state index in [0.29, 0.717) is 48.7 Å². The van der Waals surface area contributed by atoms with Crippen molar-refractivity contribution in [1.29, 1.82) is 0 Å². The molecule has 32 heavy (non-hydrogen) atoms.